The summed E-state index contributed by atoms with van der Waals surface area (Å²) in [7, 11) is 1.70. The highest BCUT2D eigenvalue weighted by atomic mass is 16.5. The van der Waals surface area contributed by atoms with Crippen molar-refractivity contribution in [1.82, 2.24) is 10.6 Å². The lowest BCUT2D eigenvalue weighted by atomic mass is 9.81. The molecule has 3 N–H and O–H groups in total. The van der Waals surface area contributed by atoms with E-state index in [1.54, 1.807) is 7.11 Å². The van der Waals surface area contributed by atoms with Crippen LogP contribution in [0.5, 0.6) is 0 Å². The van der Waals surface area contributed by atoms with Crippen LogP contribution < -0.4 is 10.6 Å². The van der Waals surface area contributed by atoms with Gasteiger partial charge in [0.05, 0.1) is 18.2 Å². The molecule has 3 unspecified atom stereocenters. The monoisotopic (exact) mass is 300 g/mol. The summed E-state index contributed by atoms with van der Waals surface area (Å²) in [5, 5.41) is 16.1. The van der Waals surface area contributed by atoms with Crippen LogP contribution in [0.4, 0.5) is 4.79 Å². The lowest BCUT2D eigenvalue weighted by molar-refractivity contribution is 0.0145. The van der Waals surface area contributed by atoms with Crippen LogP contribution in [0.1, 0.15) is 53.4 Å². The number of aliphatic hydroxyl groups is 1. The number of carbonyl (C=O) groups excluding carboxylic acids is 1. The number of methoxy groups -OCH3 is 1. The molecule has 0 heterocycles. The molecule has 1 saturated carbocycles. The average molecular weight is 300 g/mol. The number of urea groups is 1. The molecule has 5 heteroatoms. The maximum absolute atomic E-state index is 12.1. The molecule has 0 radical (unpaired) electrons. The first-order valence-electron chi connectivity index (χ1n) is 8.03. The highest BCUT2D eigenvalue weighted by Gasteiger charge is 2.31. The highest BCUT2D eigenvalue weighted by molar-refractivity contribution is 5.74. The molecule has 3 atom stereocenters. The number of hydrogen-bond acceptors (Lipinski definition) is 3. The van der Waals surface area contributed by atoms with E-state index in [-0.39, 0.29) is 29.5 Å². The normalized spacial score (nSPS) is 24.7. The number of aliphatic hydroxyl groups excluding tert-OH is 1. The van der Waals surface area contributed by atoms with E-state index >= 15 is 0 Å². The quantitative estimate of drug-likeness (QED) is 0.705. The average Bonchev–Trinajstić information content (AvgIpc) is 2.45. The van der Waals surface area contributed by atoms with E-state index < -0.39 is 6.10 Å². The predicted octanol–water partition coefficient (Wildman–Crippen LogP) is 2.29. The fourth-order valence-corrected chi connectivity index (χ4v) is 3.08. The van der Waals surface area contributed by atoms with Gasteiger partial charge < -0.3 is 20.5 Å². The van der Waals surface area contributed by atoms with Crippen molar-refractivity contribution in [3.63, 3.8) is 0 Å². The third-order valence-corrected chi connectivity index (χ3v) is 4.46. The second-order valence-corrected chi connectivity index (χ2v) is 7.17. The molecule has 1 fully saturated rings. The number of nitrogens with one attached hydrogen (secondary N) is 2. The third kappa shape index (κ3) is 5.47. The molecule has 0 aromatic carbocycles. The minimum Gasteiger partial charge on any atom is -0.392 e. The van der Waals surface area contributed by atoms with Gasteiger partial charge in [0.2, 0.25) is 0 Å². The highest BCUT2D eigenvalue weighted by Crippen LogP contribution is 2.25. The van der Waals surface area contributed by atoms with Gasteiger partial charge in [-0.25, -0.2) is 4.79 Å². The summed E-state index contributed by atoms with van der Waals surface area (Å²) in [6.45, 7) is 8.35. The lowest BCUT2D eigenvalue weighted by Crippen LogP contribution is -2.52. The zero-order valence-electron chi connectivity index (χ0n) is 14.1. The van der Waals surface area contributed by atoms with E-state index in [1.165, 1.54) is 0 Å². The van der Waals surface area contributed by atoms with E-state index in [0.717, 1.165) is 25.7 Å². The van der Waals surface area contributed by atoms with Crippen molar-refractivity contribution in [3.05, 3.63) is 0 Å². The van der Waals surface area contributed by atoms with Crippen molar-refractivity contribution in [1.29, 1.82) is 0 Å². The van der Waals surface area contributed by atoms with E-state index in [1.807, 2.05) is 27.7 Å². The Morgan fingerprint density at radius 2 is 1.95 bits per heavy atom. The van der Waals surface area contributed by atoms with Crippen molar-refractivity contribution in [2.75, 3.05) is 13.7 Å². The van der Waals surface area contributed by atoms with Gasteiger partial charge in [-0.1, -0.05) is 40.5 Å². The molecule has 124 valence electrons. The Labute approximate surface area is 128 Å². The Bertz CT molecular complexity index is 331. The number of carbonyl (C=O) groups is 1. The lowest BCUT2D eigenvalue weighted by Gasteiger charge is -2.34. The predicted molar refractivity (Wildman–Crippen MR) is 84.2 cm³/mol. The van der Waals surface area contributed by atoms with Gasteiger partial charge in [-0.05, 0) is 18.8 Å². The molecule has 0 saturated heterocycles. The second kappa shape index (κ2) is 7.99. The fraction of sp³-hybridized carbons (Fsp3) is 0.938. The number of rotatable bonds is 6. The van der Waals surface area contributed by atoms with Crippen LogP contribution in [0.2, 0.25) is 0 Å². The first-order chi connectivity index (χ1) is 9.77. The summed E-state index contributed by atoms with van der Waals surface area (Å²) >= 11 is 0. The fourth-order valence-electron chi connectivity index (χ4n) is 3.08. The van der Waals surface area contributed by atoms with E-state index in [9.17, 15) is 9.90 Å². The second-order valence-electron chi connectivity index (χ2n) is 7.17. The molecule has 0 bridgehead atoms. The molecule has 1 rings (SSSR count). The summed E-state index contributed by atoms with van der Waals surface area (Å²) < 4.78 is 5.44. The Balaban J connectivity index is 2.43. The summed E-state index contributed by atoms with van der Waals surface area (Å²) in [6, 6.07) is -0.0881. The molecular formula is C16H32N2O3. The van der Waals surface area contributed by atoms with Gasteiger partial charge in [0, 0.05) is 19.1 Å². The van der Waals surface area contributed by atoms with Crippen LogP contribution in [0.3, 0.4) is 0 Å². The van der Waals surface area contributed by atoms with Gasteiger partial charge in [-0.15, -0.1) is 0 Å². The topological polar surface area (TPSA) is 70.6 Å². The van der Waals surface area contributed by atoms with Gasteiger partial charge in [0.15, 0.2) is 0 Å². The van der Waals surface area contributed by atoms with E-state index in [4.69, 9.17) is 4.74 Å². The Morgan fingerprint density at radius 1 is 1.33 bits per heavy atom. The van der Waals surface area contributed by atoms with Crippen molar-refractivity contribution in [3.8, 4) is 0 Å². The van der Waals surface area contributed by atoms with Crippen molar-refractivity contribution < 1.29 is 14.6 Å². The first kappa shape index (κ1) is 18.2. The molecule has 1 aliphatic rings. The molecule has 21 heavy (non-hydrogen) atoms. The van der Waals surface area contributed by atoms with Gasteiger partial charge in [0.25, 0.3) is 0 Å². The molecule has 5 nitrogen and oxygen atoms in total. The van der Waals surface area contributed by atoms with Crippen LogP contribution in [-0.4, -0.2) is 43.0 Å². The standard InChI is InChI=1S/C16H32N2O3/c1-11(2)14(19)16(3,4)10-17-15(20)18-12-8-6-7-9-13(12)21-5/h11-14,19H,6-10H2,1-5H3,(H2,17,18,20). The number of ether oxygens (including phenoxy) is 1. The molecule has 0 aliphatic heterocycles. The molecule has 1 aliphatic carbocycles. The minimum absolute atomic E-state index is 0.0851. The van der Waals surface area contributed by atoms with Crippen LogP contribution in [-0.2, 0) is 4.74 Å². The van der Waals surface area contributed by atoms with Crippen LogP contribution in [0, 0.1) is 11.3 Å². The van der Waals surface area contributed by atoms with E-state index in [2.05, 4.69) is 10.6 Å². The summed E-state index contributed by atoms with van der Waals surface area (Å²) in [6.07, 6.45) is 3.91. The van der Waals surface area contributed by atoms with E-state index in [0.29, 0.717) is 6.54 Å². The van der Waals surface area contributed by atoms with Crippen molar-refractivity contribution >= 4 is 6.03 Å². The summed E-state index contributed by atoms with van der Waals surface area (Å²) in [5.41, 5.74) is -0.348. The summed E-state index contributed by atoms with van der Waals surface area (Å²) in [5.74, 6) is 0.168. The maximum Gasteiger partial charge on any atom is 0.315 e. The van der Waals surface area contributed by atoms with Gasteiger partial charge in [0.1, 0.15) is 0 Å². The molecule has 0 aromatic rings. The van der Waals surface area contributed by atoms with Crippen LogP contribution in [0.25, 0.3) is 0 Å². The number of amides is 2. The maximum atomic E-state index is 12.1. The largest absolute Gasteiger partial charge is 0.392 e. The van der Waals surface area contributed by atoms with Gasteiger partial charge in [-0.2, -0.15) is 0 Å². The Kier molecular flexibility index (Phi) is 6.94. The third-order valence-electron chi connectivity index (χ3n) is 4.46. The molecule has 0 spiro atoms. The minimum atomic E-state index is -0.445. The van der Waals surface area contributed by atoms with Crippen LogP contribution in [0.15, 0.2) is 0 Å². The van der Waals surface area contributed by atoms with Crippen molar-refractivity contribution in [2.45, 2.75) is 71.6 Å². The van der Waals surface area contributed by atoms with Gasteiger partial charge in [-0.3, -0.25) is 0 Å². The van der Waals surface area contributed by atoms with Gasteiger partial charge >= 0.3 is 6.03 Å². The summed E-state index contributed by atoms with van der Waals surface area (Å²) in [4.78, 5) is 12.1. The number of hydrogen-bond donors (Lipinski definition) is 3. The zero-order valence-corrected chi connectivity index (χ0v) is 14.1. The SMILES string of the molecule is COC1CCCCC1NC(=O)NCC(C)(C)C(O)C(C)C. The smallest absolute Gasteiger partial charge is 0.315 e. The first-order valence-corrected chi connectivity index (χ1v) is 8.03. The zero-order chi connectivity index (χ0) is 16.0. The molecule has 2 amide bonds. The Morgan fingerprint density at radius 3 is 2.52 bits per heavy atom. The van der Waals surface area contributed by atoms with Crippen molar-refractivity contribution in [2.24, 2.45) is 11.3 Å². The molecule has 0 aromatic heterocycles. The molecular weight excluding hydrogens is 268 g/mol. The Hall–Kier alpha value is -0.810. The van der Waals surface area contributed by atoms with Crippen LogP contribution >= 0.6 is 0 Å².